The van der Waals surface area contributed by atoms with Gasteiger partial charge in [0.1, 0.15) is 12.0 Å². The third-order valence-corrected chi connectivity index (χ3v) is 6.72. The minimum absolute atomic E-state index is 0.00855. The fraction of sp³-hybridized carbons (Fsp3) is 0.0667. The zero-order valence-electron chi connectivity index (χ0n) is 21.1. The molecule has 1 amide bonds. The minimum atomic E-state index is -1.03. The lowest BCUT2D eigenvalue weighted by molar-refractivity contribution is 0.0696. The standard InChI is InChI=1S/C30H21N5O5/c1-17(18-6-9-20(10-7-18)30(38)39)32-29(37)25-13-23(24-15-31-40-16-24)14-26-33-34-28(35(25)26)27(36)22-11-8-19-4-2-3-5-21(19)12-22/h2-17H,1H3,(H,32,37)(H,38,39)/t17-/m0/s1. The van der Waals surface area contributed by atoms with E-state index < -0.39 is 17.9 Å². The molecule has 0 spiro atoms. The quantitative estimate of drug-likeness (QED) is 0.276. The molecule has 6 aromatic rings. The molecule has 40 heavy (non-hydrogen) atoms. The van der Waals surface area contributed by atoms with Crippen LogP contribution in [-0.4, -0.2) is 42.5 Å². The average Bonchev–Trinajstić information content (AvgIpc) is 3.67. The lowest BCUT2D eigenvalue weighted by Crippen LogP contribution is -2.29. The van der Waals surface area contributed by atoms with E-state index in [1.807, 2.05) is 30.3 Å². The summed E-state index contributed by atoms with van der Waals surface area (Å²) < 4.78 is 6.41. The topological polar surface area (TPSA) is 140 Å². The number of aromatic nitrogens is 4. The van der Waals surface area contributed by atoms with Crippen molar-refractivity contribution in [3.05, 3.63) is 120 Å². The summed E-state index contributed by atoms with van der Waals surface area (Å²) in [5.41, 5.74) is 2.93. The number of carbonyl (C=O) groups excluding carboxylic acids is 2. The largest absolute Gasteiger partial charge is 0.478 e. The van der Waals surface area contributed by atoms with Crippen molar-refractivity contribution in [2.45, 2.75) is 13.0 Å². The predicted molar refractivity (Wildman–Crippen MR) is 145 cm³/mol. The number of hydrogen-bond donors (Lipinski definition) is 2. The van der Waals surface area contributed by atoms with E-state index in [9.17, 15) is 19.5 Å². The highest BCUT2D eigenvalue weighted by molar-refractivity contribution is 6.09. The summed E-state index contributed by atoms with van der Waals surface area (Å²) in [5, 5.41) is 26.1. The van der Waals surface area contributed by atoms with Crippen LogP contribution in [0.25, 0.3) is 27.5 Å². The van der Waals surface area contributed by atoms with Crippen LogP contribution in [0.1, 0.15) is 55.6 Å². The van der Waals surface area contributed by atoms with Crippen LogP contribution in [0.15, 0.2) is 95.8 Å². The smallest absolute Gasteiger partial charge is 0.335 e. The van der Waals surface area contributed by atoms with E-state index >= 15 is 0 Å². The van der Waals surface area contributed by atoms with Crippen LogP contribution in [0.3, 0.4) is 0 Å². The van der Waals surface area contributed by atoms with Gasteiger partial charge in [0.15, 0.2) is 5.65 Å². The van der Waals surface area contributed by atoms with Gasteiger partial charge in [-0.1, -0.05) is 53.7 Å². The van der Waals surface area contributed by atoms with Crippen LogP contribution in [0.5, 0.6) is 0 Å². The van der Waals surface area contributed by atoms with Gasteiger partial charge in [0.2, 0.25) is 11.6 Å². The van der Waals surface area contributed by atoms with Gasteiger partial charge in [0.25, 0.3) is 5.91 Å². The number of carbonyl (C=O) groups is 3. The monoisotopic (exact) mass is 531 g/mol. The normalized spacial score (nSPS) is 11.9. The molecule has 1 atom stereocenters. The molecule has 10 heteroatoms. The summed E-state index contributed by atoms with van der Waals surface area (Å²) >= 11 is 0. The first-order valence-corrected chi connectivity index (χ1v) is 12.4. The molecule has 0 fully saturated rings. The Bertz CT molecular complexity index is 1910. The third-order valence-electron chi connectivity index (χ3n) is 6.72. The van der Waals surface area contributed by atoms with Gasteiger partial charge in [-0.3, -0.25) is 14.0 Å². The number of carboxylic acid groups (broad SMARTS) is 1. The highest BCUT2D eigenvalue weighted by Crippen LogP contribution is 2.25. The number of nitrogens with zero attached hydrogens (tertiary/aromatic N) is 4. The first kappa shape index (κ1) is 24.7. The van der Waals surface area contributed by atoms with Gasteiger partial charge in [-0.15, -0.1) is 10.2 Å². The van der Waals surface area contributed by atoms with E-state index in [2.05, 4.69) is 20.7 Å². The van der Waals surface area contributed by atoms with Crippen molar-refractivity contribution in [2.75, 3.05) is 0 Å². The van der Waals surface area contributed by atoms with Gasteiger partial charge in [0, 0.05) is 11.1 Å². The number of benzene rings is 3. The van der Waals surface area contributed by atoms with E-state index in [0.29, 0.717) is 27.9 Å². The van der Waals surface area contributed by atoms with Crippen molar-refractivity contribution >= 4 is 34.1 Å². The summed E-state index contributed by atoms with van der Waals surface area (Å²) in [6, 6.07) is 22.2. The van der Waals surface area contributed by atoms with E-state index in [4.69, 9.17) is 4.52 Å². The maximum Gasteiger partial charge on any atom is 0.335 e. The number of ketones is 1. The molecule has 0 unspecified atom stereocenters. The van der Waals surface area contributed by atoms with Gasteiger partial charge in [-0.25, -0.2) is 4.79 Å². The van der Waals surface area contributed by atoms with E-state index in [1.54, 1.807) is 43.3 Å². The first-order chi connectivity index (χ1) is 19.4. The summed E-state index contributed by atoms with van der Waals surface area (Å²) in [7, 11) is 0. The van der Waals surface area contributed by atoms with Crippen LogP contribution in [0.4, 0.5) is 0 Å². The summed E-state index contributed by atoms with van der Waals surface area (Å²) in [6.45, 7) is 1.78. The van der Waals surface area contributed by atoms with Crippen molar-refractivity contribution < 1.29 is 24.0 Å². The van der Waals surface area contributed by atoms with E-state index in [1.165, 1.54) is 29.0 Å². The zero-order chi connectivity index (χ0) is 27.8. The summed E-state index contributed by atoms with van der Waals surface area (Å²) in [5.74, 6) is -1.91. The number of aromatic carboxylic acids is 1. The van der Waals surface area contributed by atoms with Crippen LogP contribution in [0.2, 0.25) is 0 Å². The summed E-state index contributed by atoms with van der Waals surface area (Å²) in [4.78, 5) is 38.6. The van der Waals surface area contributed by atoms with E-state index in [-0.39, 0.29) is 22.9 Å². The molecule has 0 saturated heterocycles. The number of rotatable bonds is 7. The molecule has 3 aromatic heterocycles. The highest BCUT2D eigenvalue weighted by atomic mass is 16.5. The number of carboxylic acids is 1. The second-order valence-corrected chi connectivity index (χ2v) is 9.27. The van der Waals surface area contributed by atoms with Crippen molar-refractivity contribution in [2.24, 2.45) is 0 Å². The van der Waals surface area contributed by atoms with E-state index in [0.717, 1.165) is 10.8 Å². The van der Waals surface area contributed by atoms with Crippen molar-refractivity contribution in [3.8, 4) is 11.1 Å². The van der Waals surface area contributed by atoms with Gasteiger partial charge in [-0.05, 0) is 59.2 Å². The Morgan fingerprint density at radius 1 is 0.875 bits per heavy atom. The summed E-state index contributed by atoms with van der Waals surface area (Å²) in [6.07, 6.45) is 2.95. The molecule has 3 heterocycles. The second-order valence-electron chi connectivity index (χ2n) is 9.27. The second kappa shape index (κ2) is 9.91. The molecular weight excluding hydrogens is 510 g/mol. The Morgan fingerprint density at radius 2 is 1.62 bits per heavy atom. The highest BCUT2D eigenvalue weighted by Gasteiger charge is 2.24. The van der Waals surface area contributed by atoms with Crippen LogP contribution >= 0.6 is 0 Å². The Balaban J connectivity index is 1.41. The SMILES string of the molecule is C[C@H](NC(=O)c1cc(-c2cnoc2)cc2nnc(C(=O)c3ccc4ccccc4c3)n12)c1ccc(C(=O)O)cc1. The number of fused-ring (bicyclic) bond motifs is 2. The van der Waals surface area contributed by atoms with Gasteiger partial charge in [0.05, 0.1) is 17.8 Å². The molecule has 3 aromatic carbocycles. The fourth-order valence-electron chi connectivity index (χ4n) is 4.58. The molecule has 6 rings (SSSR count). The first-order valence-electron chi connectivity index (χ1n) is 12.4. The van der Waals surface area contributed by atoms with Crippen molar-refractivity contribution in [3.63, 3.8) is 0 Å². The molecule has 2 N–H and O–H groups in total. The molecule has 10 nitrogen and oxygen atoms in total. The lowest BCUT2D eigenvalue weighted by Gasteiger charge is -2.16. The molecular formula is C30H21N5O5. The molecule has 196 valence electrons. The van der Waals surface area contributed by atoms with Crippen molar-refractivity contribution in [1.82, 2.24) is 25.1 Å². The number of nitrogens with one attached hydrogen (secondary N) is 1. The Morgan fingerprint density at radius 3 is 2.35 bits per heavy atom. The Hall–Kier alpha value is -5.64. The average molecular weight is 532 g/mol. The molecule has 0 radical (unpaired) electrons. The number of pyridine rings is 1. The Labute approximate surface area is 226 Å². The minimum Gasteiger partial charge on any atom is -0.478 e. The van der Waals surface area contributed by atoms with Crippen LogP contribution < -0.4 is 5.32 Å². The van der Waals surface area contributed by atoms with Crippen LogP contribution in [0, 0.1) is 0 Å². The van der Waals surface area contributed by atoms with Gasteiger partial charge in [-0.2, -0.15) is 0 Å². The fourth-order valence-corrected chi connectivity index (χ4v) is 4.58. The molecule has 0 aliphatic rings. The van der Waals surface area contributed by atoms with Gasteiger partial charge >= 0.3 is 5.97 Å². The number of amides is 1. The third kappa shape index (κ3) is 4.47. The molecule has 0 bridgehead atoms. The zero-order valence-corrected chi connectivity index (χ0v) is 21.1. The van der Waals surface area contributed by atoms with Gasteiger partial charge < -0.3 is 14.9 Å². The molecule has 0 aliphatic carbocycles. The molecule has 0 saturated carbocycles. The van der Waals surface area contributed by atoms with Crippen molar-refractivity contribution in [1.29, 1.82) is 0 Å². The number of hydrogen-bond acceptors (Lipinski definition) is 7. The maximum atomic E-state index is 13.7. The van der Waals surface area contributed by atoms with Crippen LogP contribution in [-0.2, 0) is 0 Å². The Kier molecular flexibility index (Phi) is 6.12. The predicted octanol–water partition coefficient (Wildman–Crippen LogP) is 4.96. The maximum absolute atomic E-state index is 13.7. The lowest BCUT2D eigenvalue weighted by atomic mass is 10.0. The molecule has 0 aliphatic heterocycles.